The molecule has 0 aromatic heterocycles. The van der Waals surface area contributed by atoms with Crippen LogP contribution < -0.4 is 10.2 Å². The van der Waals surface area contributed by atoms with E-state index in [-0.39, 0.29) is 30.6 Å². The first-order valence-corrected chi connectivity index (χ1v) is 7.51. The predicted molar refractivity (Wildman–Crippen MR) is 85.1 cm³/mol. The molecule has 1 aliphatic heterocycles. The van der Waals surface area contributed by atoms with Crippen LogP contribution in [0.15, 0.2) is 54.6 Å². The van der Waals surface area contributed by atoms with Crippen molar-refractivity contribution in [3.63, 3.8) is 0 Å². The monoisotopic (exact) mass is 312 g/mol. The first kappa shape index (κ1) is 15.2. The highest BCUT2D eigenvalue weighted by atomic mass is 19.1. The van der Waals surface area contributed by atoms with Crippen LogP contribution in [-0.2, 0) is 16.1 Å². The Labute approximate surface area is 133 Å². The summed E-state index contributed by atoms with van der Waals surface area (Å²) in [6, 6.07) is 15.6. The quantitative estimate of drug-likeness (QED) is 0.943. The van der Waals surface area contributed by atoms with Gasteiger partial charge in [-0.1, -0.05) is 36.4 Å². The third-order valence-electron chi connectivity index (χ3n) is 3.97. The lowest BCUT2D eigenvalue weighted by atomic mass is 10.1. The highest BCUT2D eigenvalue weighted by Gasteiger charge is 2.34. The molecule has 2 aromatic carbocycles. The summed E-state index contributed by atoms with van der Waals surface area (Å²) in [5.74, 6) is -1.04. The molecule has 3 rings (SSSR count). The van der Waals surface area contributed by atoms with Gasteiger partial charge >= 0.3 is 0 Å². The number of halogens is 1. The molecule has 1 N–H and O–H groups in total. The van der Waals surface area contributed by atoms with E-state index < -0.39 is 5.92 Å². The fourth-order valence-corrected chi connectivity index (χ4v) is 2.71. The van der Waals surface area contributed by atoms with Crippen molar-refractivity contribution < 1.29 is 14.0 Å². The summed E-state index contributed by atoms with van der Waals surface area (Å²) in [6.45, 7) is 0.480. The molecule has 1 unspecified atom stereocenters. The number of para-hydroxylation sites is 1. The summed E-state index contributed by atoms with van der Waals surface area (Å²) in [7, 11) is 0. The Kier molecular flexibility index (Phi) is 4.37. The second kappa shape index (κ2) is 6.60. The number of hydrogen-bond acceptors (Lipinski definition) is 2. The van der Waals surface area contributed by atoms with Crippen molar-refractivity contribution in [2.24, 2.45) is 5.92 Å². The molecular formula is C18H17FN2O2. The highest BCUT2D eigenvalue weighted by molar-refractivity contribution is 6.00. The number of amides is 2. The zero-order valence-electron chi connectivity index (χ0n) is 12.5. The lowest BCUT2D eigenvalue weighted by Crippen LogP contribution is -2.32. The molecule has 0 saturated carbocycles. The van der Waals surface area contributed by atoms with E-state index in [0.29, 0.717) is 12.1 Å². The van der Waals surface area contributed by atoms with E-state index in [0.717, 1.165) is 5.69 Å². The molecule has 0 radical (unpaired) electrons. The number of nitrogens with one attached hydrogen (secondary N) is 1. The lowest BCUT2D eigenvalue weighted by molar-refractivity contribution is -0.126. The second-order valence-electron chi connectivity index (χ2n) is 5.55. The maximum atomic E-state index is 13.5. The first-order chi connectivity index (χ1) is 11.1. The molecular weight excluding hydrogens is 295 g/mol. The number of carbonyl (C=O) groups is 2. The van der Waals surface area contributed by atoms with Gasteiger partial charge in [0.05, 0.1) is 5.92 Å². The van der Waals surface area contributed by atoms with Crippen molar-refractivity contribution in [1.29, 1.82) is 0 Å². The van der Waals surface area contributed by atoms with Crippen LogP contribution in [0.4, 0.5) is 10.1 Å². The molecule has 1 fully saturated rings. The Balaban J connectivity index is 1.61. The molecule has 0 aliphatic carbocycles. The summed E-state index contributed by atoms with van der Waals surface area (Å²) < 4.78 is 13.5. The predicted octanol–water partition coefficient (Wildman–Crippen LogP) is 2.50. The van der Waals surface area contributed by atoms with Crippen LogP contribution in [0, 0.1) is 11.7 Å². The first-order valence-electron chi connectivity index (χ1n) is 7.51. The van der Waals surface area contributed by atoms with Crippen molar-refractivity contribution in [1.82, 2.24) is 5.32 Å². The molecule has 2 aromatic rings. The zero-order chi connectivity index (χ0) is 16.2. The fourth-order valence-electron chi connectivity index (χ4n) is 2.71. The largest absolute Gasteiger partial charge is 0.352 e. The molecule has 118 valence electrons. The van der Waals surface area contributed by atoms with Crippen LogP contribution in [0.2, 0.25) is 0 Å². The Hall–Kier alpha value is -2.69. The van der Waals surface area contributed by atoms with Crippen molar-refractivity contribution in [3.05, 3.63) is 66.0 Å². The molecule has 0 bridgehead atoms. The van der Waals surface area contributed by atoms with Gasteiger partial charge in [0.1, 0.15) is 5.82 Å². The van der Waals surface area contributed by atoms with Gasteiger partial charge in [-0.15, -0.1) is 0 Å². The number of carbonyl (C=O) groups excluding carboxylic acids is 2. The minimum Gasteiger partial charge on any atom is -0.352 e. The van der Waals surface area contributed by atoms with Crippen LogP contribution in [0.1, 0.15) is 12.0 Å². The van der Waals surface area contributed by atoms with Crippen molar-refractivity contribution in [3.8, 4) is 0 Å². The van der Waals surface area contributed by atoms with Crippen LogP contribution in [-0.4, -0.2) is 18.4 Å². The lowest BCUT2D eigenvalue weighted by Gasteiger charge is -2.16. The summed E-state index contributed by atoms with van der Waals surface area (Å²) in [5, 5.41) is 2.72. The van der Waals surface area contributed by atoms with Crippen molar-refractivity contribution in [2.45, 2.75) is 13.0 Å². The van der Waals surface area contributed by atoms with Gasteiger partial charge in [0.2, 0.25) is 11.8 Å². The molecule has 5 heteroatoms. The van der Waals surface area contributed by atoms with Crippen LogP contribution >= 0.6 is 0 Å². The van der Waals surface area contributed by atoms with E-state index >= 15 is 0 Å². The second-order valence-corrected chi connectivity index (χ2v) is 5.55. The molecule has 1 heterocycles. The van der Waals surface area contributed by atoms with Gasteiger partial charge in [0, 0.05) is 30.8 Å². The standard InChI is InChI=1S/C18H17FN2O2/c19-16-9-5-4-6-13(16)11-20-18(23)14-10-17(22)21(12-14)15-7-2-1-3-8-15/h1-9,14H,10-12H2,(H,20,23). The molecule has 1 atom stereocenters. The van der Waals surface area contributed by atoms with Gasteiger partial charge in [-0.2, -0.15) is 0 Å². The Bertz CT molecular complexity index is 718. The van der Waals surface area contributed by atoms with E-state index in [1.165, 1.54) is 6.07 Å². The van der Waals surface area contributed by atoms with Crippen LogP contribution in [0.25, 0.3) is 0 Å². The van der Waals surface area contributed by atoms with Gasteiger partial charge in [0.25, 0.3) is 0 Å². The van der Waals surface area contributed by atoms with Gasteiger partial charge in [-0.3, -0.25) is 9.59 Å². The maximum absolute atomic E-state index is 13.5. The van der Waals surface area contributed by atoms with E-state index in [1.807, 2.05) is 30.3 Å². The highest BCUT2D eigenvalue weighted by Crippen LogP contribution is 2.24. The topological polar surface area (TPSA) is 49.4 Å². The van der Waals surface area contributed by atoms with Gasteiger partial charge in [-0.25, -0.2) is 4.39 Å². The van der Waals surface area contributed by atoms with E-state index in [2.05, 4.69) is 5.32 Å². The van der Waals surface area contributed by atoms with Gasteiger partial charge < -0.3 is 10.2 Å². The van der Waals surface area contributed by atoms with Gasteiger partial charge in [0.15, 0.2) is 0 Å². The molecule has 4 nitrogen and oxygen atoms in total. The van der Waals surface area contributed by atoms with Crippen LogP contribution in [0.5, 0.6) is 0 Å². The summed E-state index contributed by atoms with van der Waals surface area (Å²) in [6.07, 6.45) is 0.179. The summed E-state index contributed by atoms with van der Waals surface area (Å²) in [5.41, 5.74) is 1.23. The summed E-state index contributed by atoms with van der Waals surface area (Å²) in [4.78, 5) is 26.0. The number of hydrogen-bond donors (Lipinski definition) is 1. The minimum atomic E-state index is -0.408. The maximum Gasteiger partial charge on any atom is 0.227 e. The molecule has 1 saturated heterocycles. The molecule has 0 spiro atoms. The minimum absolute atomic E-state index is 0.0674. The third-order valence-corrected chi connectivity index (χ3v) is 3.97. The average molecular weight is 312 g/mol. The van der Waals surface area contributed by atoms with Crippen molar-refractivity contribution >= 4 is 17.5 Å². The van der Waals surface area contributed by atoms with Crippen LogP contribution in [0.3, 0.4) is 0 Å². The van der Waals surface area contributed by atoms with Crippen molar-refractivity contribution in [2.75, 3.05) is 11.4 Å². The van der Waals surface area contributed by atoms with E-state index in [9.17, 15) is 14.0 Å². The SMILES string of the molecule is O=C(NCc1ccccc1F)C1CC(=O)N(c2ccccc2)C1. The number of rotatable bonds is 4. The molecule has 23 heavy (non-hydrogen) atoms. The molecule has 1 aliphatic rings. The number of anilines is 1. The smallest absolute Gasteiger partial charge is 0.227 e. The number of nitrogens with zero attached hydrogens (tertiary/aromatic N) is 1. The number of benzene rings is 2. The fraction of sp³-hybridized carbons (Fsp3) is 0.222. The Morgan fingerprint density at radius 1 is 1.13 bits per heavy atom. The van der Waals surface area contributed by atoms with Gasteiger partial charge in [-0.05, 0) is 18.2 Å². The molecule has 2 amide bonds. The average Bonchev–Trinajstić information content (AvgIpc) is 2.96. The zero-order valence-corrected chi connectivity index (χ0v) is 12.5. The van der Waals surface area contributed by atoms with E-state index in [4.69, 9.17) is 0 Å². The normalized spacial score (nSPS) is 17.3. The Morgan fingerprint density at radius 3 is 2.57 bits per heavy atom. The third kappa shape index (κ3) is 3.39. The summed E-state index contributed by atoms with van der Waals surface area (Å²) >= 11 is 0. The van der Waals surface area contributed by atoms with E-state index in [1.54, 1.807) is 23.1 Å². The Morgan fingerprint density at radius 2 is 1.83 bits per heavy atom.